The fourth-order valence-corrected chi connectivity index (χ4v) is 1.64. The highest BCUT2D eigenvalue weighted by atomic mass is 19.3. The van der Waals surface area contributed by atoms with Crippen LogP contribution in [0.4, 0.5) is 8.78 Å². The van der Waals surface area contributed by atoms with Crippen molar-refractivity contribution in [2.24, 2.45) is 5.73 Å². The van der Waals surface area contributed by atoms with E-state index in [1.165, 1.54) is 25.4 Å². The van der Waals surface area contributed by atoms with Gasteiger partial charge in [0.25, 0.3) is 6.43 Å². The van der Waals surface area contributed by atoms with Gasteiger partial charge < -0.3 is 15.2 Å². The lowest BCUT2D eigenvalue weighted by molar-refractivity contribution is 0.147. The Hall–Kier alpha value is -2.21. The van der Waals surface area contributed by atoms with Gasteiger partial charge in [0.1, 0.15) is 17.2 Å². The topological polar surface area (TPSA) is 57.4 Å². The molecule has 0 aliphatic carbocycles. The minimum atomic E-state index is -2.66. The fraction of sp³-hybridized carbons (Fsp3) is 0.214. The van der Waals surface area contributed by atoms with Gasteiger partial charge in [-0.05, 0) is 30.3 Å². The zero-order chi connectivity index (χ0) is 14.5. The maximum absolute atomic E-state index is 13.0. The number of aromatic nitrogens is 1. The highest BCUT2D eigenvalue weighted by molar-refractivity contribution is 5.43. The largest absolute Gasteiger partial charge is 0.497 e. The number of ether oxygens (including phenoxy) is 2. The van der Waals surface area contributed by atoms with Gasteiger partial charge in [-0.25, -0.2) is 8.78 Å². The fourth-order valence-electron chi connectivity index (χ4n) is 1.64. The van der Waals surface area contributed by atoms with E-state index in [0.29, 0.717) is 23.7 Å². The predicted octanol–water partition coefficient (Wildman–Crippen LogP) is 3.28. The van der Waals surface area contributed by atoms with Crippen LogP contribution in [-0.2, 0) is 6.54 Å². The van der Waals surface area contributed by atoms with Crippen molar-refractivity contribution in [3.8, 4) is 17.2 Å². The highest BCUT2D eigenvalue weighted by Gasteiger charge is 2.16. The highest BCUT2D eigenvalue weighted by Crippen LogP contribution is 2.34. The summed E-state index contributed by atoms with van der Waals surface area (Å²) in [7, 11) is 1.42. The van der Waals surface area contributed by atoms with Crippen molar-refractivity contribution in [3.63, 3.8) is 0 Å². The van der Waals surface area contributed by atoms with E-state index in [4.69, 9.17) is 15.2 Å². The van der Waals surface area contributed by atoms with Gasteiger partial charge >= 0.3 is 0 Å². The van der Waals surface area contributed by atoms with Crippen LogP contribution >= 0.6 is 0 Å². The Labute approximate surface area is 115 Å². The molecule has 0 amide bonds. The quantitative estimate of drug-likeness (QED) is 0.913. The summed E-state index contributed by atoms with van der Waals surface area (Å²) >= 11 is 0. The van der Waals surface area contributed by atoms with E-state index in [2.05, 4.69) is 4.98 Å². The zero-order valence-electron chi connectivity index (χ0n) is 10.8. The van der Waals surface area contributed by atoms with Crippen LogP contribution in [0.15, 0.2) is 36.5 Å². The molecule has 0 atom stereocenters. The number of halogens is 2. The number of rotatable bonds is 5. The van der Waals surface area contributed by atoms with Crippen molar-refractivity contribution >= 4 is 0 Å². The van der Waals surface area contributed by atoms with Gasteiger partial charge in [0.2, 0.25) is 0 Å². The third-order valence-electron chi connectivity index (χ3n) is 2.69. The summed E-state index contributed by atoms with van der Waals surface area (Å²) < 4.78 is 36.4. The lowest BCUT2D eigenvalue weighted by Gasteiger charge is -2.12. The molecule has 2 rings (SSSR count). The Morgan fingerprint density at radius 2 is 1.95 bits per heavy atom. The second-order valence-corrected chi connectivity index (χ2v) is 4.00. The van der Waals surface area contributed by atoms with Crippen molar-refractivity contribution < 1.29 is 18.3 Å². The maximum Gasteiger partial charge on any atom is 0.267 e. The minimum Gasteiger partial charge on any atom is -0.497 e. The summed E-state index contributed by atoms with van der Waals surface area (Å²) in [6, 6.07) is 7.57. The van der Waals surface area contributed by atoms with Crippen LogP contribution in [0.1, 0.15) is 17.7 Å². The van der Waals surface area contributed by atoms with Crippen molar-refractivity contribution in [1.29, 1.82) is 0 Å². The van der Waals surface area contributed by atoms with Crippen molar-refractivity contribution in [3.05, 3.63) is 47.8 Å². The second kappa shape index (κ2) is 6.29. The number of hydrogen-bond acceptors (Lipinski definition) is 4. The monoisotopic (exact) mass is 280 g/mol. The third kappa shape index (κ3) is 3.21. The van der Waals surface area contributed by atoms with Crippen LogP contribution < -0.4 is 15.2 Å². The smallest absolute Gasteiger partial charge is 0.267 e. The summed E-state index contributed by atoms with van der Waals surface area (Å²) in [5.41, 5.74) is 5.90. The Kier molecular flexibility index (Phi) is 4.47. The molecule has 20 heavy (non-hydrogen) atoms. The number of hydrogen-bond donors (Lipinski definition) is 1. The number of alkyl halides is 2. The summed E-state index contributed by atoms with van der Waals surface area (Å²) in [4.78, 5) is 4.04. The van der Waals surface area contributed by atoms with Gasteiger partial charge in [-0.3, -0.25) is 4.98 Å². The van der Waals surface area contributed by atoms with Crippen molar-refractivity contribution in [2.45, 2.75) is 13.0 Å². The Morgan fingerprint density at radius 1 is 1.20 bits per heavy atom. The molecule has 0 aliphatic heterocycles. The molecule has 2 aromatic rings. The lowest BCUT2D eigenvalue weighted by atomic mass is 10.2. The molecule has 0 spiro atoms. The van der Waals surface area contributed by atoms with Crippen molar-refractivity contribution in [2.75, 3.05) is 7.11 Å². The molecular formula is C14H14F2N2O2. The normalized spacial score (nSPS) is 10.7. The van der Waals surface area contributed by atoms with Crippen LogP contribution in [0.5, 0.6) is 17.2 Å². The van der Waals surface area contributed by atoms with E-state index < -0.39 is 6.43 Å². The molecule has 106 valence electrons. The van der Waals surface area contributed by atoms with Gasteiger partial charge in [0, 0.05) is 6.54 Å². The molecule has 1 aromatic carbocycles. The van der Waals surface area contributed by atoms with Crippen LogP contribution in [0.3, 0.4) is 0 Å². The first-order valence-electron chi connectivity index (χ1n) is 5.93. The van der Waals surface area contributed by atoms with E-state index in [1.54, 1.807) is 18.2 Å². The number of benzene rings is 1. The molecule has 6 heteroatoms. The van der Waals surface area contributed by atoms with E-state index >= 15 is 0 Å². The van der Waals surface area contributed by atoms with Gasteiger partial charge in [0.05, 0.1) is 24.6 Å². The van der Waals surface area contributed by atoms with Gasteiger partial charge in [-0.15, -0.1) is 0 Å². The summed E-state index contributed by atoms with van der Waals surface area (Å²) in [5.74, 6) is 0.793. The van der Waals surface area contributed by atoms with E-state index in [-0.39, 0.29) is 11.3 Å². The first-order valence-corrected chi connectivity index (χ1v) is 5.93. The molecule has 0 radical (unpaired) electrons. The Balaban J connectivity index is 2.27. The lowest BCUT2D eigenvalue weighted by Crippen LogP contribution is -1.99. The van der Waals surface area contributed by atoms with Gasteiger partial charge in [-0.1, -0.05) is 0 Å². The predicted molar refractivity (Wildman–Crippen MR) is 70.2 cm³/mol. The SMILES string of the molecule is COc1ccc(Oc2ccc(CN)nc2)c(C(F)F)c1. The molecule has 0 bridgehead atoms. The molecule has 2 N–H and O–H groups in total. The number of methoxy groups -OCH3 is 1. The molecule has 0 saturated carbocycles. The van der Waals surface area contributed by atoms with Crippen LogP contribution in [0.2, 0.25) is 0 Å². The Bertz CT molecular complexity index is 574. The minimum absolute atomic E-state index is 0.0723. The van der Waals surface area contributed by atoms with Crippen LogP contribution in [0, 0.1) is 0 Å². The number of nitrogens with two attached hydrogens (primary N) is 1. The summed E-state index contributed by atoms with van der Waals surface area (Å²) in [5, 5.41) is 0. The molecule has 4 nitrogen and oxygen atoms in total. The van der Waals surface area contributed by atoms with E-state index in [9.17, 15) is 8.78 Å². The van der Waals surface area contributed by atoms with E-state index in [0.717, 1.165) is 0 Å². The van der Waals surface area contributed by atoms with Gasteiger partial charge in [-0.2, -0.15) is 0 Å². The standard InChI is InChI=1S/C14H14F2N2O2/c1-19-10-4-5-13(12(6-10)14(15)16)20-11-3-2-9(7-17)18-8-11/h2-6,8,14H,7,17H2,1H3. The summed E-state index contributed by atoms with van der Waals surface area (Å²) in [6.07, 6.45) is -1.21. The third-order valence-corrected chi connectivity index (χ3v) is 2.69. The first-order chi connectivity index (χ1) is 9.63. The molecular weight excluding hydrogens is 266 g/mol. The Morgan fingerprint density at radius 3 is 2.50 bits per heavy atom. The average molecular weight is 280 g/mol. The van der Waals surface area contributed by atoms with Crippen LogP contribution in [0.25, 0.3) is 0 Å². The first kappa shape index (κ1) is 14.2. The average Bonchev–Trinajstić information content (AvgIpc) is 2.48. The van der Waals surface area contributed by atoms with Crippen LogP contribution in [-0.4, -0.2) is 12.1 Å². The maximum atomic E-state index is 13.0. The van der Waals surface area contributed by atoms with Crippen molar-refractivity contribution in [1.82, 2.24) is 4.98 Å². The second-order valence-electron chi connectivity index (χ2n) is 4.00. The van der Waals surface area contributed by atoms with Gasteiger partial charge in [0.15, 0.2) is 0 Å². The molecule has 1 heterocycles. The summed E-state index contributed by atoms with van der Waals surface area (Å²) in [6.45, 7) is 0.311. The number of pyridine rings is 1. The number of nitrogens with zero attached hydrogens (tertiary/aromatic N) is 1. The molecule has 0 unspecified atom stereocenters. The molecule has 0 saturated heterocycles. The molecule has 0 aliphatic rings. The molecule has 1 aromatic heterocycles. The van der Waals surface area contributed by atoms with E-state index in [1.807, 2.05) is 0 Å². The zero-order valence-corrected chi connectivity index (χ0v) is 10.8. The molecule has 0 fully saturated rings.